The lowest BCUT2D eigenvalue weighted by atomic mass is 10.1. The molecule has 4 heteroatoms. The van der Waals surface area contributed by atoms with E-state index in [1.165, 1.54) is 31.1 Å². The molecule has 0 spiro atoms. The van der Waals surface area contributed by atoms with Gasteiger partial charge < -0.3 is 5.11 Å². The number of hydrogen-bond donors (Lipinski definition) is 1. The van der Waals surface area contributed by atoms with E-state index in [0.29, 0.717) is 5.56 Å². The average Bonchev–Trinajstić information content (AvgIpc) is 3.21. The molecule has 2 rings (SSSR count). The molecule has 1 aliphatic carbocycles. The number of carboxylic acid groups (broad SMARTS) is 1. The summed E-state index contributed by atoms with van der Waals surface area (Å²) in [6.45, 7) is 4.84. The number of halogens is 1. The molecular formula is C16H20FNO2. The first kappa shape index (κ1) is 14.7. The standard InChI is InChI=1S/C16H20FNO2/c1-2-18(10-12-3-4-12)11-14-5-7-15(17)9-13(14)6-8-16(19)20/h5-9,12H,2-4,10-11H2,1H3,(H,19,20). The predicted molar refractivity (Wildman–Crippen MR) is 76.7 cm³/mol. The topological polar surface area (TPSA) is 40.5 Å². The summed E-state index contributed by atoms with van der Waals surface area (Å²) in [5.74, 6) is -0.567. The van der Waals surface area contributed by atoms with Crippen LogP contribution in [-0.2, 0) is 11.3 Å². The van der Waals surface area contributed by atoms with E-state index >= 15 is 0 Å². The molecule has 3 nitrogen and oxygen atoms in total. The van der Waals surface area contributed by atoms with Gasteiger partial charge in [-0.1, -0.05) is 13.0 Å². The largest absolute Gasteiger partial charge is 0.478 e. The Morgan fingerprint density at radius 3 is 2.85 bits per heavy atom. The highest BCUT2D eigenvalue weighted by Gasteiger charge is 2.23. The molecule has 108 valence electrons. The predicted octanol–water partition coefficient (Wildman–Crippen LogP) is 3.16. The molecule has 0 saturated heterocycles. The van der Waals surface area contributed by atoms with Gasteiger partial charge in [0.05, 0.1) is 0 Å². The summed E-state index contributed by atoms with van der Waals surface area (Å²) in [6.07, 6.45) is 5.11. The van der Waals surface area contributed by atoms with E-state index in [9.17, 15) is 9.18 Å². The number of rotatable bonds is 7. The van der Waals surface area contributed by atoms with E-state index in [0.717, 1.165) is 37.2 Å². The van der Waals surface area contributed by atoms with Gasteiger partial charge in [-0.15, -0.1) is 0 Å². The zero-order chi connectivity index (χ0) is 14.5. The minimum Gasteiger partial charge on any atom is -0.478 e. The Labute approximate surface area is 118 Å². The van der Waals surface area contributed by atoms with Crippen LogP contribution in [0.5, 0.6) is 0 Å². The molecule has 0 amide bonds. The molecule has 1 aromatic carbocycles. The summed E-state index contributed by atoms with van der Waals surface area (Å²) < 4.78 is 13.3. The molecule has 1 saturated carbocycles. The van der Waals surface area contributed by atoms with Crippen molar-refractivity contribution in [1.82, 2.24) is 4.90 Å². The maximum atomic E-state index is 13.3. The van der Waals surface area contributed by atoms with Gasteiger partial charge >= 0.3 is 5.97 Å². The van der Waals surface area contributed by atoms with E-state index in [4.69, 9.17) is 5.11 Å². The number of hydrogen-bond acceptors (Lipinski definition) is 2. The molecular weight excluding hydrogens is 257 g/mol. The molecule has 1 N–H and O–H groups in total. The fourth-order valence-corrected chi connectivity index (χ4v) is 2.24. The van der Waals surface area contributed by atoms with Gasteiger partial charge in [-0.3, -0.25) is 4.90 Å². The van der Waals surface area contributed by atoms with Gasteiger partial charge in [-0.05, 0) is 54.6 Å². The lowest BCUT2D eigenvalue weighted by molar-refractivity contribution is -0.131. The Morgan fingerprint density at radius 1 is 1.50 bits per heavy atom. The second-order valence-electron chi connectivity index (χ2n) is 5.29. The number of aliphatic carboxylic acids is 1. The van der Waals surface area contributed by atoms with Crippen molar-refractivity contribution in [3.63, 3.8) is 0 Å². The van der Waals surface area contributed by atoms with Crippen LogP contribution in [0, 0.1) is 11.7 Å². The minimum atomic E-state index is -1.02. The molecule has 0 bridgehead atoms. The maximum Gasteiger partial charge on any atom is 0.328 e. The molecule has 0 unspecified atom stereocenters. The molecule has 0 radical (unpaired) electrons. The van der Waals surface area contributed by atoms with E-state index in [1.807, 2.05) is 0 Å². The van der Waals surface area contributed by atoms with Crippen molar-refractivity contribution in [2.45, 2.75) is 26.3 Å². The highest BCUT2D eigenvalue weighted by Crippen LogP contribution is 2.30. The van der Waals surface area contributed by atoms with Crippen molar-refractivity contribution in [3.05, 3.63) is 41.2 Å². The summed E-state index contributed by atoms with van der Waals surface area (Å²) in [5, 5.41) is 8.70. The molecule has 1 aliphatic rings. The second-order valence-corrected chi connectivity index (χ2v) is 5.29. The van der Waals surface area contributed by atoms with Crippen molar-refractivity contribution in [3.8, 4) is 0 Å². The molecule has 0 atom stereocenters. The molecule has 0 heterocycles. The van der Waals surface area contributed by atoms with Crippen LogP contribution in [0.2, 0.25) is 0 Å². The number of carbonyl (C=O) groups is 1. The zero-order valence-electron chi connectivity index (χ0n) is 11.7. The lowest BCUT2D eigenvalue weighted by Crippen LogP contribution is -2.25. The molecule has 20 heavy (non-hydrogen) atoms. The van der Waals surface area contributed by atoms with Crippen LogP contribution >= 0.6 is 0 Å². The van der Waals surface area contributed by atoms with Gasteiger partial charge in [0.15, 0.2) is 0 Å². The van der Waals surface area contributed by atoms with E-state index in [-0.39, 0.29) is 5.82 Å². The highest BCUT2D eigenvalue weighted by atomic mass is 19.1. The Morgan fingerprint density at radius 2 is 2.25 bits per heavy atom. The van der Waals surface area contributed by atoms with Crippen LogP contribution in [0.15, 0.2) is 24.3 Å². The van der Waals surface area contributed by atoms with Crippen molar-refractivity contribution in [2.24, 2.45) is 5.92 Å². The average molecular weight is 277 g/mol. The van der Waals surface area contributed by atoms with Crippen molar-refractivity contribution in [1.29, 1.82) is 0 Å². The Kier molecular flexibility index (Phi) is 4.90. The van der Waals surface area contributed by atoms with Crippen LogP contribution in [-0.4, -0.2) is 29.1 Å². The van der Waals surface area contributed by atoms with Crippen LogP contribution in [0.1, 0.15) is 30.9 Å². The Hall–Kier alpha value is -1.68. The fraction of sp³-hybridized carbons (Fsp3) is 0.438. The summed E-state index contributed by atoms with van der Waals surface area (Å²) >= 11 is 0. The minimum absolute atomic E-state index is 0.343. The van der Waals surface area contributed by atoms with E-state index in [1.54, 1.807) is 6.07 Å². The summed E-state index contributed by atoms with van der Waals surface area (Å²) in [7, 11) is 0. The smallest absolute Gasteiger partial charge is 0.328 e. The number of nitrogens with zero attached hydrogens (tertiary/aromatic N) is 1. The van der Waals surface area contributed by atoms with Crippen LogP contribution in [0.4, 0.5) is 4.39 Å². The maximum absolute atomic E-state index is 13.3. The summed E-state index contributed by atoms with van der Waals surface area (Å²) in [6, 6.07) is 4.56. The van der Waals surface area contributed by atoms with Gasteiger partial charge in [0.1, 0.15) is 5.82 Å². The van der Waals surface area contributed by atoms with Gasteiger partial charge in [0.2, 0.25) is 0 Å². The van der Waals surface area contributed by atoms with Gasteiger partial charge in [0, 0.05) is 19.2 Å². The lowest BCUT2D eigenvalue weighted by Gasteiger charge is -2.21. The van der Waals surface area contributed by atoms with E-state index in [2.05, 4.69) is 11.8 Å². The molecule has 0 aromatic heterocycles. The quantitative estimate of drug-likeness (QED) is 0.778. The van der Waals surface area contributed by atoms with E-state index < -0.39 is 5.97 Å². The normalized spacial score (nSPS) is 15.2. The monoisotopic (exact) mass is 277 g/mol. The third-order valence-corrected chi connectivity index (χ3v) is 3.57. The molecule has 0 aliphatic heterocycles. The molecule has 1 aromatic rings. The van der Waals surface area contributed by atoms with Gasteiger partial charge in [-0.25, -0.2) is 9.18 Å². The first-order valence-corrected chi connectivity index (χ1v) is 7.00. The van der Waals surface area contributed by atoms with Gasteiger partial charge in [-0.2, -0.15) is 0 Å². The Balaban J connectivity index is 2.13. The van der Waals surface area contributed by atoms with Gasteiger partial charge in [0.25, 0.3) is 0 Å². The Bertz CT molecular complexity index is 509. The zero-order valence-corrected chi connectivity index (χ0v) is 11.7. The first-order chi connectivity index (χ1) is 9.58. The SMILES string of the molecule is CCN(Cc1ccc(F)cc1C=CC(=O)O)CC1CC1. The summed E-state index contributed by atoms with van der Waals surface area (Å²) in [4.78, 5) is 12.9. The highest BCUT2D eigenvalue weighted by molar-refractivity contribution is 5.85. The molecule has 1 fully saturated rings. The number of carboxylic acids is 1. The fourth-order valence-electron chi connectivity index (χ4n) is 2.24. The third kappa shape index (κ3) is 4.46. The first-order valence-electron chi connectivity index (χ1n) is 7.00. The van der Waals surface area contributed by atoms with Crippen LogP contribution in [0.3, 0.4) is 0 Å². The second kappa shape index (κ2) is 6.66. The summed E-state index contributed by atoms with van der Waals surface area (Å²) in [5.41, 5.74) is 1.60. The number of benzene rings is 1. The van der Waals surface area contributed by atoms with Crippen molar-refractivity contribution < 1.29 is 14.3 Å². The van der Waals surface area contributed by atoms with Crippen molar-refractivity contribution >= 4 is 12.0 Å². The van der Waals surface area contributed by atoms with Crippen LogP contribution < -0.4 is 0 Å². The third-order valence-electron chi connectivity index (χ3n) is 3.57. The van der Waals surface area contributed by atoms with Crippen LogP contribution in [0.25, 0.3) is 6.08 Å². The van der Waals surface area contributed by atoms with Crippen molar-refractivity contribution in [2.75, 3.05) is 13.1 Å².